The summed E-state index contributed by atoms with van der Waals surface area (Å²) in [6.45, 7) is 0. The molecule has 2 N–H and O–H groups in total. The monoisotopic (exact) mass is 336 g/mol. The molecule has 1 saturated carbocycles. The van der Waals surface area contributed by atoms with Gasteiger partial charge in [0.2, 0.25) is 10.0 Å². The average molecular weight is 336 g/mol. The van der Waals surface area contributed by atoms with Crippen LogP contribution < -0.4 is 4.72 Å². The van der Waals surface area contributed by atoms with Crippen LogP contribution in [0, 0.1) is 0 Å². The number of carbonyl (C=O) groups excluding carboxylic acids is 1. The van der Waals surface area contributed by atoms with Gasteiger partial charge in [-0.25, -0.2) is 18.2 Å². The Kier molecular flexibility index (Phi) is 3.90. The Labute approximate surface area is 133 Å². The average Bonchev–Trinajstić information content (AvgIpc) is 3.05. The van der Waals surface area contributed by atoms with Gasteiger partial charge in [-0.2, -0.15) is 9.82 Å². The second-order valence-corrected chi connectivity index (χ2v) is 7.08. The van der Waals surface area contributed by atoms with Gasteiger partial charge >= 0.3 is 5.97 Å². The highest BCUT2D eigenvalue weighted by Gasteiger charge is 2.44. The van der Waals surface area contributed by atoms with E-state index in [1.807, 2.05) is 0 Å². The molecule has 0 amide bonds. The third-order valence-corrected chi connectivity index (χ3v) is 5.50. The lowest BCUT2D eigenvalue weighted by molar-refractivity contribution is 0.0600. The van der Waals surface area contributed by atoms with Crippen LogP contribution in [0.3, 0.4) is 0 Å². The number of benzene rings is 1. The van der Waals surface area contributed by atoms with Crippen LogP contribution in [-0.4, -0.2) is 36.7 Å². The van der Waals surface area contributed by atoms with Crippen molar-refractivity contribution in [1.82, 2.24) is 19.9 Å². The Bertz CT molecular complexity index is 813. The van der Waals surface area contributed by atoms with Crippen molar-refractivity contribution in [2.24, 2.45) is 0 Å². The van der Waals surface area contributed by atoms with Gasteiger partial charge in [0.05, 0.1) is 23.1 Å². The summed E-state index contributed by atoms with van der Waals surface area (Å²) in [4.78, 5) is 15.7. The normalized spacial score (nSPS) is 16.6. The largest absolute Gasteiger partial charge is 0.465 e. The Morgan fingerprint density at radius 3 is 2.74 bits per heavy atom. The van der Waals surface area contributed by atoms with Crippen molar-refractivity contribution >= 4 is 16.0 Å². The number of sulfonamides is 1. The second kappa shape index (κ2) is 5.74. The fourth-order valence-electron chi connectivity index (χ4n) is 2.58. The topological polar surface area (TPSA) is 114 Å². The first-order valence-electron chi connectivity index (χ1n) is 7.05. The van der Waals surface area contributed by atoms with Crippen molar-refractivity contribution in [3.63, 3.8) is 0 Å². The van der Waals surface area contributed by atoms with E-state index in [0.29, 0.717) is 18.7 Å². The Balaban J connectivity index is 1.92. The Hall–Kier alpha value is -2.26. The molecule has 1 aliphatic rings. The van der Waals surface area contributed by atoms with E-state index in [4.69, 9.17) is 0 Å². The van der Waals surface area contributed by atoms with Gasteiger partial charge in [0, 0.05) is 0 Å². The zero-order chi connectivity index (χ0) is 16.5. The minimum Gasteiger partial charge on any atom is -0.465 e. The van der Waals surface area contributed by atoms with Gasteiger partial charge in [0.1, 0.15) is 12.2 Å². The number of methoxy groups -OCH3 is 1. The number of aromatic amines is 1. The van der Waals surface area contributed by atoms with E-state index in [1.165, 1.54) is 37.7 Å². The van der Waals surface area contributed by atoms with Crippen molar-refractivity contribution in [3.8, 4) is 0 Å². The number of carbonyl (C=O) groups is 1. The summed E-state index contributed by atoms with van der Waals surface area (Å²) in [6.07, 6.45) is 3.52. The molecule has 23 heavy (non-hydrogen) atoms. The zero-order valence-electron chi connectivity index (χ0n) is 12.4. The number of nitrogens with zero attached hydrogens (tertiary/aromatic N) is 2. The molecular formula is C14H16N4O4S. The molecule has 0 unspecified atom stereocenters. The Morgan fingerprint density at radius 1 is 1.39 bits per heavy atom. The number of rotatable bonds is 5. The number of hydrogen-bond donors (Lipinski definition) is 2. The number of nitrogens with one attached hydrogen (secondary N) is 2. The predicted molar refractivity (Wildman–Crippen MR) is 80.0 cm³/mol. The molecule has 0 atom stereocenters. The van der Waals surface area contributed by atoms with Crippen LogP contribution in [0.5, 0.6) is 0 Å². The van der Waals surface area contributed by atoms with E-state index in [0.717, 1.165) is 6.42 Å². The maximum Gasteiger partial charge on any atom is 0.337 e. The van der Waals surface area contributed by atoms with Crippen molar-refractivity contribution in [3.05, 3.63) is 42.0 Å². The Morgan fingerprint density at radius 2 is 2.17 bits per heavy atom. The summed E-state index contributed by atoms with van der Waals surface area (Å²) < 4.78 is 32.7. The summed E-state index contributed by atoms with van der Waals surface area (Å²) >= 11 is 0. The first-order valence-corrected chi connectivity index (χ1v) is 8.53. The van der Waals surface area contributed by atoms with Gasteiger partial charge in [-0.05, 0) is 37.5 Å². The molecule has 0 bridgehead atoms. The summed E-state index contributed by atoms with van der Waals surface area (Å²) in [5, 5.41) is 6.52. The fourth-order valence-corrected chi connectivity index (χ4v) is 4.05. The van der Waals surface area contributed by atoms with Crippen molar-refractivity contribution in [2.45, 2.75) is 29.7 Å². The molecule has 0 spiro atoms. The number of esters is 1. The summed E-state index contributed by atoms with van der Waals surface area (Å²) in [5.41, 5.74) is -0.589. The van der Waals surface area contributed by atoms with E-state index in [-0.39, 0.29) is 10.5 Å². The third-order valence-electron chi connectivity index (χ3n) is 3.97. The maximum atomic E-state index is 12.7. The van der Waals surface area contributed by atoms with E-state index in [1.54, 1.807) is 0 Å². The molecule has 9 heteroatoms. The molecule has 8 nitrogen and oxygen atoms in total. The smallest absolute Gasteiger partial charge is 0.337 e. The second-order valence-electron chi connectivity index (χ2n) is 5.39. The highest BCUT2D eigenvalue weighted by Crippen LogP contribution is 2.40. The van der Waals surface area contributed by atoms with Gasteiger partial charge in [-0.15, -0.1) is 0 Å². The molecule has 0 saturated heterocycles. The number of hydrogen-bond acceptors (Lipinski definition) is 6. The van der Waals surface area contributed by atoms with E-state index < -0.39 is 21.5 Å². The quantitative estimate of drug-likeness (QED) is 0.786. The minimum absolute atomic E-state index is 0.00573. The first-order chi connectivity index (χ1) is 11.0. The van der Waals surface area contributed by atoms with Gasteiger partial charge in [0.15, 0.2) is 0 Å². The van der Waals surface area contributed by atoms with Crippen LogP contribution in [-0.2, 0) is 20.3 Å². The lowest BCUT2D eigenvalue weighted by Crippen LogP contribution is -2.51. The molecule has 1 aromatic heterocycles. The van der Waals surface area contributed by atoms with Gasteiger partial charge < -0.3 is 4.74 Å². The van der Waals surface area contributed by atoms with E-state index >= 15 is 0 Å². The van der Waals surface area contributed by atoms with Crippen LogP contribution in [0.2, 0.25) is 0 Å². The summed E-state index contributed by atoms with van der Waals surface area (Å²) in [6, 6.07) is 5.73. The standard InChI is InChI=1S/C14H16N4O4S/c1-22-12(19)10-4-2-5-11(8-10)23(20,21)18-14(6-3-7-14)13-15-9-16-17-13/h2,4-5,8-9,18H,3,6-7H2,1H3,(H,15,16,17). The highest BCUT2D eigenvalue weighted by molar-refractivity contribution is 7.89. The molecular weight excluding hydrogens is 320 g/mol. The molecule has 0 aliphatic heterocycles. The molecule has 1 heterocycles. The number of ether oxygens (including phenoxy) is 1. The molecule has 122 valence electrons. The van der Waals surface area contributed by atoms with E-state index in [9.17, 15) is 13.2 Å². The van der Waals surface area contributed by atoms with Crippen LogP contribution in [0.15, 0.2) is 35.5 Å². The molecule has 0 radical (unpaired) electrons. The number of H-pyrrole nitrogens is 1. The molecule has 2 aromatic rings. The molecule has 1 aromatic carbocycles. The predicted octanol–water partition coefficient (Wildman–Crippen LogP) is 0.949. The fraction of sp³-hybridized carbons (Fsp3) is 0.357. The zero-order valence-corrected chi connectivity index (χ0v) is 13.3. The van der Waals surface area contributed by atoms with Crippen LogP contribution >= 0.6 is 0 Å². The van der Waals surface area contributed by atoms with Crippen molar-refractivity contribution < 1.29 is 17.9 Å². The van der Waals surface area contributed by atoms with Gasteiger partial charge in [0.25, 0.3) is 0 Å². The van der Waals surface area contributed by atoms with E-state index in [2.05, 4.69) is 24.6 Å². The van der Waals surface area contributed by atoms with Crippen molar-refractivity contribution in [1.29, 1.82) is 0 Å². The van der Waals surface area contributed by atoms with Gasteiger partial charge in [-0.1, -0.05) is 6.07 Å². The van der Waals surface area contributed by atoms with Gasteiger partial charge in [-0.3, -0.25) is 5.10 Å². The lowest BCUT2D eigenvalue weighted by Gasteiger charge is -2.39. The van der Waals surface area contributed by atoms with Crippen LogP contribution in [0.1, 0.15) is 35.4 Å². The SMILES string of the molecule is COC(=O)c1cccc(S(=O)(=O)NC2(c3ncn[nH]3)CCC2)c1. The van der Waals surface area contributed by atoms with Crippen LogP contribution in [0.25, 0.3) is 0 Å². The summed E-state index contributed by atoms with van der Waals surface area (Å²) in [7, 11) is -2.57. The summed E-state index contributed by atoms with van der Waals surface area (Å²) in [5.74, 6) is -0.0907. The lowest BCUT2D eigenvalue weighted by atomic mass is 9.77. The molecule has 1 aliphatic carbocycles. The van der Waals surface area contributed by atoms with Crippen molar-refractivity contribution in [2.75, 3.05) is 7.11 Å². The minimum atomic E-state index is -3.81. The molecule has 3 rings (SSSR count). The third kappa shape index (κ3) is 2.84. The molecule has 1 fully saturated rings. The van der Waals surface area contributed by atoms with Crippen LogP contribution in [0.4, 0.5) is 0 Å². The first kappa shape index (κ1) is 15.6. The number of aromatic nitrogens is 3. The highest BCUT2D eigenvalue weighted by atomic mass is 32.2. The maximum absolute atomic E-state index is 12.7.